The second kappa shape index (κ2) is 5.49. The molecule has 1 unspecified atom stereocenters. The fourth-order valence-electron chi connectivity index (χ4n) is 1.72. The van der Waals surface area contributed by atoms with Crippen LogP contribution in [0, 0.1) is 0 Å². The van der Waals surface area contributed by atoms with Crippen LogP contribution in [0.1, 0.15) is 28.4 Å². The number of benzene rings is 1. The van der Waals surface area contributed by atoms with E-state index >= 15 is 0 Å². The molecule has 0 aromatic heterocycles. The lowest BCUT2D eigenvalue weighted by atomic mass is 9.92. The summed E-state index contributed by atoms with van der Waals surface area (Å²) in [5.41, 5.74) is -8.28. The van der Waals surface area contributed by atoms with Crippen LogP contribution in [0.2, 0.25) is 0 Å². The summed E-state index contributed by atoms with van der Waals surface area (Å²) < 4.78 is 114. The molecule has 0 saturated heterocycles. The quantitative estimate of drug-likeness (QED) is 0.597. The van der Waals surface area contributed by atoms with Crippen molar-refractivity contribution in [1.82, 2.24) is 0 Å². The zero-order valence-electron chi connectivity index (χ0n) is 10.4. The number of aliphatic hydroxyl groups excluding tert-OH is 1. The van der Waals surface area contributed by atoms with E-state index in [0.717, 1.165) is 0 Å². The molecule has 0 aliphatic carbocycles. The highest BCUT2D eigenvalue weighted by Gasteiger charge is 2.45. The molecule has 22 heavy (non-hydrogen) atoms. The molecule has 1 N–H and O–H groups in total. The second-order valence-corrected chi connectivity index (χ2v) is 4.16. The number of alkyl halides is 9. The van der Waals surface area contributed by atoms with Gasteiger partial charge >= 0.3 is 18.5 Å². The van der Waals surface area contributed by atoms with E-state index < -0.39 is 59.0 Å². The fraction of sp³-hybridized carbons (Fsp3) is 0.333. The molecule has 0 fully saturated rings. The molecular formula is C12H7F9O. The van der Waals surface area contributed by atoms with E-state index in [1.807, 2.05) is 0 Å². The van der Waals surface area contributed by atoms with Crippen molar-refractivity contribution in [2.24, 2.45) is 0 Å². The minimum Gasteiger partial charge on any atom is -0.384 e. The third-order valence-electron chi connectivity index (χ3n) is 2.64. The normalized spacial score (nSPS) is 14.8. The smallest absolute Gasteiger partial charge is 0.384 e. The summed E-state index contributed by atoms with van der Waals surface area (Å²) in [5, 5.41) is 9.31. The summed E-state index contributed by atoms with van der Waals surface area (Å²) in [6, 6.07) is -0.950. The lowest BCUT2D eigenvalue weighted by Crippen LogP contribution is -2.21. The van der Waals surface area contributed by atoms with Crippen molar-refractivity contribution in [1.29, 1.82) is 0 Å². The Labute approximate surface area is 117 Å². The van der Waals surface area contributed by atoms with Crippen molar-refractivity contribution in [2.45, 2.75) is 24.6 Å². The first-order valence-electron chi connectivity index (χ1n) is 5.39. The van der Waals surface area contributed by atoms with Gasteiger partial charge in [0.15, 0.2) is 0 Å². The van der Waals surface area contributed by atoms with Crippen LogP contribution in [0.15, 0.2) is 24.8 Å². The molecule has 1 rings (SSSR count). The minimum atomic E-state index is -5.53. The number of halogens is 9. The highest BCUT2D eigenvalue weighted by atomic mass is 19.4. The third kappa shape index (κ3) is 3.73. The zero-order chi connectivity index (χ0) is 17.5. The molecule has 0 heterocycles. The highest BCUT2D eigenvalue weighted by molar-refractivity contribution is 5.46. The molecule has 0 aliphatic heterocycles. The van der Waals surface area contributed by atoms with Crippen molar-refractivity contribution in [3.8, 4) is 0 Å². The van der Waals surface area contributed by atoms with E-state index in [2.05, 4.69) is 6.58 Å². The monoisotopic (exact) mass is 338 g/mol. The van der Waals surface area contributed by atoms with Crippen LogP contribution in [0.25, 0.3) is 0 Å². The summed E-state index contributed by atoms with van der Waals surface area (Å²) in [7, 11) is 0. The van der Waals surface area contributed by atoms with Gasteiger partial charge in [0.2, 0.25) is 0 Å². The Bertz CT molecular complexity index is 530. The molecule has 0 saturated carbocycles. The molecule has 0 bridgehead atoms. The standard InChI is InChI=1S/C12H7F9O/c1-2-8(22)9-6(11(16,17)18)3-5(10(13,14)15)4-7(9)12(19,20)21/h2-4,8,22H,1H2. The van der Waals surface area contributed by atoms with Crippen LogP contribution < -0.4 is 0 Å². The van der Waals surface area contributed by atoms with Gasteiger partial charge in [0.05, 0.1) is 22.8 Å². The lowest BCUT2D eigenvalue weighted by Gasteiger charge is -2.23. The first-order chi connectivity index (χ1) is 9.69. The molecule has 0 amide bonds. The van der Waals surface area contributed by atoms with Crippen LogP contribution >= 0.6 is 0 Å². The topological polar surface area (TPSA) is 20.2 Å². The second-order valence-electron chi connectivity index (χ2n) is 4.16. The average Bonchev–Trinajstić information content (AvgIpc) is 2.33. The van der Waals surface area contributed by atoms with E-state index in [9.17, 15) is 44.6 Å². The summed E-state index contributed by atoms with van der Waals surface area (Å²) >= 11 is 0. The third-order valence-corrected chi connectivity index (χ3v) is 2.64. The molecule has 124 valence electrons. The van der Waals surface area contributed by atoms with Crippen LogP contribution in [0.5, 0.6) is 0 Å². The van der Waals surface area contributed by atoms with E-state index in [1.165, 1.54) is 0 Å². The Kier molecular flexibility index (Phi) is 4.57. The van der Waals surface area contributed by atoms with Gasteiger partial charge in [0.1, 0.15) is 0 Å². The minimum absolute atomic E-state index is 0.354. The molecule has 10 heteroatoms. The molecule has 1 aromatic carbocycles. The molecule has 1 atom stereocenters. The van der Waals surface area contributed by atoms with Gasteiger partial charge in [0, 0.05) is 5.56 Å². The Balaban J connectivity index is 3.90. The number of hydrogen-bond acceptors (Lipinski definition) is 1. The van der Waals surface area contributed by atoms with Gasteiger partial charge in [-0.05, 0) is 12.1 Å². The molecular weight excluding hydrogens is 331 g/mol. The first kappa shape index (κ1) is 18.3. The Hall–Kier alpha value is -1.71. The Morgan fingerprint density at radius 2 is 1.18 bits per heavy atom. The molecule has 0 aliphatic rings. The maximum absolute atomic E-state index is 12.8. The van der Waals surface area contributed by atoms with Gasteiger partial charge in [-0.25, -0.2) is 0 Å². The van der Waals surface area contributed by atoms with Crippen LogP contribution in [-0.2, 0) is 18.5 Å². The van der Waals surface area contributed by atoms with Gasteiger partial charge < -0.3 is 5.11 Å². The lowest BCUT2D eigenvalue weighted by molar-refractivity contribution is -0.150. The Morgan fingerprint density at radius 1 is 0.818 bits per heavy atom. The molecule has 0 radical (unpaired) electrons. The largest absolute Gasteiger partial charge is 0.416 e. The van der Waals surface area contributed by atoms with Crippen molar-refractivity contribution in [2.75, 3.05) is 0 Å². The van der Waals surface area contributed by atoms with E-state index in [4.69, 9.17) is 0 Å². The molecule has 1 nitrogen and oxygen atoms in total. The van der Waals surface area contributed by atoms with Crippen LogP contribution in [-0.4, -0.2) is 5.11 Å². The molecule has 1 aromatic rings. The molecule has 0 spiro atoms. The van der Waals surface area contributed by atoms with E-state index in [-0.39, 0.29) is 0 Å². The predicted molar refractivity (Wildman–Crippen MR) is 56.6 cm³/mol. The SMILES string of the molecule is C=CC(O)c1c(C(F)(F)F)cc(C(F)(F)F)cc1C(F)(F)F. The summed E-state index contributed by atoms with van der Waals surface area (Å²) in [6.45, 7) is 2.85. The van der Waals surface area contributed by atoms with E-state index in [1.54, 1.807) is 0 Å². The summed E-state index contributed by atoms with van der Waals surface area (Å²) in [5.74, 6) is 0. The van der Waals surface area contributed by atoms with Crippen molar-refractivity contribution >= 4 is 0 Å². The fourth-order valence-corrected chi connectivity index (χ4v) is 1.72. The Morgan fingerprint density at radius 3 is 1.41 bits per heavy atom. The number of hydrogen-bond donors (Lipinski definition) is 1. The zero-order valence-corrected chi connectivity index (χ0v) is 10.4. The number of aliphatic hydroxyl groups is 1. The van der Waals surface area contributed by atoms with Crippen molar-refractivity contribution < 1.29 is 44.6 Å². The van der Waals surface area contributed by atoms with Crippen molar-refractivity contribution in [3.63, 3.8) is 0 Å². The summed E-state index contributed by atoms with van der Waals surface area (Å²) in [4.78, 5) is 0. The van der Waals surface area contributed by atoms with Gasteiger partial charge in [-0.3, -0.25) is 0 Å². The maximum Gasteiger partial charge on any atom is 0.416 e. The predicted octanol–water partition coefficient (Wildman–Crippen LogP) is 4.96. The maximum atomic E-state index is 12.8. The van der Waals surface area contributed by atoms with Crippen LogP contribution in [0.4, 0.5) is 39.5 Å². The summed E-state index contributed by atoms with van der Waals surface area (Å²) in [6.07, 6.45) is -18.6. The number of rotatable bonds is 2. The van der Waals surface area contributed by atoms with Crippen LogP contribution in [0.3, 0.4) is 0 Å². The van der Waals surface area contributed by atoms with E-state index in [0.29, 0.717) is 6.08 Å². The highest BCUT2D eigenvalue weighted by Crippen LogP contribution is 2.45. The van der Waals surface area contributed by atoms with Gasteiger partial charge in [-0.15, -0.1) is 6.58 Å². The van der Waals surface area contributed by atoms with Gasteiger partial charge in [0.25, 0.3) is 0 Å². The van der Waals surface area contributed by atoms with Gasteiger partial charge in [-0.2, -0.15) is 39.5 Å². The van der Waals surface area contributed by atoms with Crippen molar-refractivity contribution in [3.05, 3.63) is 47.0 Å². The first-order valence-corrected chi connectivity index (χ1v) is 5.39. The van der Waals surface area contributed by atoms with Gasteiger partial charge in [-0.1, -0.05) is 6.08 Å². The average molecular weight is 338 g/mol.